The summed E-state index contributed by atoms with van der Waals surface area (Å²) in [5.74, 6) is -1.42. The minimum Gasteiger partial charge on any atom is -0.305 e. The first-order chi connectivity index (χ1) is 9.49. The van der Waals surface area contributed by atoms with Crippen molar-refractivity contribution in [2.75, 3.05) is 0 Å². The molecule has 0 aliphatic heterocycles. The third-order valence-electron chi connectivity index (χ3n) is 2.75. The fourth-order valence-corrected chi connectivity index (χ4v) is 1.75. The minimum atomic E-state index is -5.70. The van der Waals surface area contributed by atoms with Crippen LogP contribution in [0.1, 0.15) is 12.5 Å². The first-order valence-corrected chi connectivity index (χ1v) is 5.80. The van der Waals surface area contributed by atoms with Crippen molar-refractivity contribution in [1.29, 1.82) is 0 Å². The van der Waals surface area contributed by atoms with Crippen LogP contribution in [0.25, 0.3) is 0 Å². The van der Waals surface area contributed by atoms with Crippen molar-refractivity contribution in [3.63, 3.8) is 0 Å². The highest BCUT2D eigenvalue weighted by atomic mass is 19.4. The van der Waals surface area contributed by atoms with E-state index in [-0.39, 0.29) is 10.9 Å². The van der Waals surface area contributed by atoms with Gasteiger partial charge in [0.2, 0.25) is 5.91 Å². The topological polar surface area (TPSA) is 45.7 Å². The number of amides is 1. The molecule has 0 saturated carbocycles. The van der Waals surface area contributed by atoms with Crippen LogP contribution in [0.2, 0.25) is 0 Å². The summed E-state index contributed by atoms with van der Waals surface area (Å²) >= 11 is 0. The second-order valence-corrected chi connectivity index (χ2v) is 4.38. The van der Waals surface area contributed by atoms with Crippen molar-refractivity contribution in [2.45, 2.75) is 31.5 Å². The molecule has 21 heavy (non-hydrogen) atoms. The molecule has 0 radical (unpaired) electrons. The molecule has 3 nitrogen and oxygen atoms in total. The van der Waals surface area contributed by atoms with Crippen LogP contribution in [0.15, 0.2) is 30.3 Å². The average Bonchev–Trinajstić information content (AvgIpc) is 2.32. The van der Waals surface area contributed by atoms with Gasteiger partial charge in [0.1, 0.15) is 6.54 Å². The SMILES string of the molecule is CC(=O)NC([NH2+]Cc1ccccc1)(C(F)(F)F)C(F)(F)F. The lowest BCUT2D eigenvalue weighted by Gasteiger charge is -2.34. The largest absolute Gasteiger partial charge is 0.475 e. The Morgan fingerprint density at radius 1 is 1.05 bits per heavy atom. The third kappa shape index (κ3) is 3.87. The number of benzene rings is 1. The summed E-state index contributed by atoms with van der Waals surface area (Å²) in [6.45, 7) is 0.00271. The quantitative estimate of drug-likeness (QED) is 0.645. The molecule has 3 N–H and O–H groups in total. The highest BCUT2D eigenvalue weighted by Crippen LogP contribution is 2.38. The number of carbonyl (C=O) groups excluding carboxylic acids is 1. The van der Waals surface area contributed by atoms with Crippen molar-refractivity contribution in [1.82, 2.24) is 5.32 Å². The Labute approximate surface area is 116 Å². The lowest BCUT2D eigenvalue weighted by molar-refractivity contribution is -0.796. The van der Waals surface area contributed by atoms with Crippen LogP contribution >= 0.6 is 0 Å². The molecule has 0 aromatic heterocycles. The lowest BCUT2D eigenvalue weighted by Crippen LogP contribution is -3.07. The van der Waals surface area contributed by atoms with Crippen molar-refractivity contribution in [2.24, 2.45) is 0 Å². The monoisotopic (exact) mass is 315 g/mol. The van der Waals surface area contributed by atoms with E-state index < -0.39 is 30.5 Å². The second kappa shape index (κ2) is 5.92. The summed E-state index contributed by atoms with van der Waals surface area (Å²) in [7, 11) is 0. The van der Waals surface area contributed by atoms with E-state index >= 15 is 0 Å². The van der Waals surface area contributed by atoms with Crippen LogP contribution < -0.4 is 10.6 Å². The van der Waals surface area contributed by atoms with Gasteiger partial charge in [-0.3, -0.25) is 10.1 Å². The van der Waals surface area contributed by atoms with Gasteiger partial charge in [-0.25, -0.2) is 0 Å². The first kappa shape index (κ1) is 17.3. The van der Waals surface area contributed by atoms with Crippen molar-refractivity contribution in [3.8, 4) is 0 Å². The van der Waals surface area contributed by atoms with Crippen LogP contribution in [-0.4, -0.2) is 23.9 Å². The van der Waals surface area contributed by atoms with Crippen LogP contribution in [0.4, 0.5) is 26.3 Å². The van der Waals surface area contributed by atoms with Crippen molar-refractivity contribution < 1.29 is 36.5 Å². The molecule has 0 atom stereocenters. The molecule has 0 fully saturated rings. The molecule has 1 amide bonds. The average molecular weight is 315 g/mol. The number of hydrogen-bond acceptors (Lipinski definition) is 1. The van der Waals surface area contributed by atoms with E-state index in [2.05, 4.69) is 0 Å². The standard InChI is InChI=1S/C12H12F6N2O/c1-8(21)20-10(11(13,14)15,12(16,17)18)19-7-9-5-3-2-4-6-9/h2-6,19H,7H2,1H3,(H,20,21)/p+1. The van der Waals surface area contributed by atoms with Crippen molar-refractivity contribution >= 4 is 5.91 Å². The number of nitrogens with two attached hydrogens (primary N) is 1. The zero-order chi connectivity index (χ0) is 16.3. The van der Waals surface area contributed by atoms with Gasteiger partial charge >= 0.3 is 18.0 Å². The van der Waals surface area contributed by atoms with E-state index in [1.807, 2.05) is 0 Å². The molecule has 1 aromatic rings. The van der Waals surface area contributed by atoms with Gasteiger partial charge < -0.3 is 5.32 Å². The third-order valence-corrected chi connectivity index (χ3v) is 2.75. The van der Waals surface area contributed by atoms with Crippen LogP contribution in [0.3, 0.4) is 0 Å². The molecular weight excluding hydrogens is 302 g/mol. The van der Waals surface area contributed by atoms with E-state index in [4.69, 9.17) is 0 Å². The molecule has 0 spiro atoms. The van der Waals surface area contributed by atoms with Gasteiger partial charge in [-0.2, -0.15) is 26.3 Å². The highest BCUT2D eigenvalue weighted by molar-refractivity contribution is 5.73. The smallest absolute Gasteiger partial charge is 0.305 e. The number of quaternary nitrogens is 1. The predicted octanol–water partition coefficient (Wildman–Crippen LogP) is 1.71. The Kier molecular flexibility index (Phi) is 4.87. The molecule has 118 valence electrons. The van der Waals surface area contributed by atoms with E-state index in [9.17, 15) is 31.1 Å². The van der Waals surface area contributed by atoms with Crippen LogP contribution in [-0.2, 0) is 11.3 Å². The minimum absolute atomic E-state index is 0.0315. The van der Waals surface area contributed by atoms with E-state index in [1.54, 1.807) is 6.07 Å². The Morgan fingerprint density at radius 3 is 1.90 bits per heavy atom. The van der Waals surface area contributed by atoms with Gasteiger partial charge in [-0.15, -0.1) is 0 Å². The zero-order valence-electron chi connectivity index (χ0n) is 10.8. The number of hydrogen-bond donors (Lipinski definition) is 2. The lowest BCUT2D eigenvalue weighted by atomic mass is 10.1. The molecule has 0 aliphatic rings. The Balaban J connectivity index is 3.14. The number of halogens is 6. The van der Waals surface area contributed by atoms with E-state index in [0.717, 1.165) is 5.32 Å². The number of rotatable bonds is 4. The molecular formula is C12H13F6N2O+. The highest BCUT2D eigenvalue weighted by Gasteiger charge is 2.76. The van der Waals surface area contributed by atoms with Gasteiger partial charge in [0.25, 0.3) is 0 Å². The molecule has 1 aromatic carbocycles. The maximum atomic E-state index is 13.0. The molecule has 0 aliphatic carbocycles. The van der Waals surface area contributed by atoms with Crippen LogP contribution in [0.5, 0.6) is 0 Å². The molecule has 0 heterocycles. The number of alkyl halides is 6. The zero-order valence-corrected chi connectivity index (χ0v) is 10.8. The first-order valence-electron chi connectivity index (χ1n) is 5.80. The normalized spacial score (nSPS) is 13.1. The van der Waals surface area contributed by atoms with Crippen LogP contribution in [0, 0.1) is 0 Å². The van der Waals surface area contributed by atoms with Gasteiger partial charge in [0.05, 0.1) is 0 Å². The van der Waals surface area contributed by atoms with Gasteiger partial charge in [-0.05, 0) is 0 Å². The summed E-state index contributed by atoms with van der Waals surface area (Å²) in [4.78, 5) is 10.8. The Bertz CT molecular complexity index is 469. The van der Waals surface area contributed by atoms with Crippen molar-refractivity contribution in [3.05, 3.63) is 35.9 Å². The van der Waals surface area contributed by atoms with E-state index in [0.29, 0.717) is 6.92 Å². The molecule has 9 heteroatoms. The number of nitrogens with one attached hydrogen (secondary N) is 1. The fourth-order valence-electron chi connectivity index (χ4n) is 1.75. The summed E-state index contributed by atoms with van der Waals surface area (Å²) in [6, 6.07) is 7.34. The second-order valence-electron chi connectivity index (χ2n) is 4.38. The summed E-state index contributed by atoms with van der Waals surface area (Å²) < 4.78 is 77.8. The Morgan fingerprint density at radius 2 is 1.52 bits per heavy atom. The predicted molar refractivity (Wildman–Crippen MR) is 60.7 cm³/mol. The summed E-state index contributed by atoms with van der Waals surface area (Å²) in [5.41, 5.74) is -4.11. The molecule has 0 bridgehead atoms. The fraction of sp³-hybridized carbons (Fsp3) is 0.417. The van der Waals surface area contributed by atoms with E-state index in [1.165, 1.54) is 24.3 Å². The van der Waals surface area contributed by atoms with Gasteiger partial charge in [0.15, 0.2) is 0 Å². The van der Waals surface area contributed by atoms with Gasteiger partial charge in [0, 0.05) is 12.5 Å². The summed E-state index contributed by atoms with van der Waals surface area (Å²) in [6.07, 6.45) is -11.4. The van der Waals surface area contributed by atoms with Gasteiger partial charge in [-0.1, -0.05) is 30.3 Å². The maximum Gasteiger partial charge on any atom is 0.475 e. The Hall–Kier alpha value is -1.77. The number of carbonyl (C=O) groups is 1. The molecule has 1 rings (SSSR count). The maximum absolute atomic E-state index is 13.0. The molecule has 0 saturated heterocycles. The molecule has 0 unspecified atom stereocenters. The summed E-state index contributed by atoms with van der Waals surface area (Å²) in [5, 5.41) is 1.03.